The van der Waals surface area contributed by atoms with Gasteiger partial charge in [0.15, 0.2) is 0 Å². The number of nitrogens with one attached hydrogen (secondary N) is 2. The number of amides is 1. The Hall–Kier alpha value is -2.21. The van der Waals surface area contributed by atoms with Gasteiger partial charge in [-0.05, 0) is 30.7 Å². The highest BCUT2D eigenvalue weighted by Crippen LogP contribution is 2.19. The first-order chi connectivity index (χ1) is 8.99. The lowest BCUT2D eigenvalue weighted by molar-refractivity contribution is 0.0524. The third-order valence-corrected chi connectivity index (χ3v) is 2.80. The molecule has 1 heterocycles. The van der Waals surface area contributed by atoms with Gasteiger partial charge in [-0.3, -0.25) is 9.89 Å². The molecule has 1 unspecified atom stereocenters. The van der Waals surface area contributed by atoms with Gasteiger partial charge in [0, 0.05) is 6.20 Å². The Morgan fingerprint density at radius 1 is 1.42 bits per heavy atom. The molecule has 0 saturated heterocycles. The summed E-state index contributed by atoms with van der Waals surface area (Å²) in [6.45, 7) is 1.56. The van der Waals surface area contributed by atoms with Crippen molar-refractivity contribution in [2.24, 2.45) is 0 Å². The average Bonchev–Trinajstić information content (AvgIpc) is 2.90. The summed E-state index contributed by atoms with van der Waals surface area (Å²) in [4.78, 5) is 11.7. The van der Waals surface area contributed by atoms with Crippen molar-refractivity contribution in [2.75, 3.05) is 6.54 Å². The van der Waals surface area contributed by atoms with Crippen molar-refractivity contribution < 1.29 is 14.3 Å². The summed E-state index contributed by atoms with van der Waals surface area (Å²) in [7, 11) is 0. The quantitative estimate of drug-likeness (QED) is 0.775. The third-order valence-electron chi connectivity index (χ3n) is 2.80. The number of aromatic amines is 1. The van der Waals surface area contributed by atoms with E-state index < -0.39 is 5.60 Å². The highest BCUT2D eigenvalue weighted by Gasteiger charge is 2.24. The number of H-pyrrole nitrogens is 1. The molecule has 0 aliphatic heterocycles. The third kappa shape index (κ3) is 3.17. The summed E-state index contributed by atoms with van der Waals surface area (Å²) in [5.74, 6) is -0.735. The topological polar surface area (TPSA) is 78.0 Å². The van der Waals surface area contributed by atoms with E-state index in [2.05, 4.69) is 15.5 Å². The molecule has 2 rings (SSSR count). The van der Waals surface area contributed by atoms with E-state index in [9.17, 15) is 14.3 Å². The van der Waals surface area contributed by atoms with E-state index in [1.807, 2.05) is 0 Å². The van der Waals surface area contributed by atoms with Crippen molar-refractivity contribution in [2.45, 2.75) is 12.5 Å². The number of carbonyl (C=O) groups is 1. The Labute approximate surface area is 109 Å². The Kier molecular flexibility index (Phi) is 3.62. The molecule has 1 atom stereocenters. The second-order valence-electron chi connectivity index (χ2n) is 4.43. The first-order valence-electron chi connectivity index (χ1n) is 5.75. The van der Waals surface area contributed by atoms with Crippen LogP contribution in [0.5, 0.6) is 0 Å². The summed E-state index contributed by atoms with van der Waals surface area (Å²) in [6, 6.07) is 7.03. The van der Waals surface area contributed by atoms with Crippen LogP contribution in [-0.2, 0) is 5.60 Å². The molecule has 19 heavy (non-hydrogen) atoms. The average molecular weight is 263 g/mol. The van der Waals surface area contributed by atoms with Crippen molar-refractivity contribution in [3.63, 3.8) is 0 Å². The summed E-state index contributed by atoms with van der Waals surface area (Å²) in [5.41, 5.74) is -0.433. The lowest BCUT2D eigenvalue weighted by atomic mass is 9.96. The second-order valence-corrected chi connectivity index (χ2v) is 4.43. The summed E-state index contributed by atoms with van der Waals surface area (Å²) < 4.78 is 12.8. The number of aliphatic hydroxyl groups is 1. The maximum Gasteiger partial charge on any atom is 0.269 e. The molecule has 3 N–H and O–H groups in total. The number of halogens is 1. The molecule has 5 nitrogen and oxygen atoms in total. The van der Waals surface area contributed by atoms with E-state index in [1.165, 1.54) is 36.5 Å². The SMILES string of the molecule is CC(O)(CNC(=O)c1ccn[nH]1)c1ccc(F)cc1. The minimum absolute atomic E-state index is 0.0104. The molecule has 100 valence electrons. The largest absolute Gasteiger partial charge is 0.384 e. The zero-order valence-corrected chi connectivity index (χ0v) is 10.4. The molecule has 0 saturated carbocycles. The van der Waals surface area contributed by atoms with Crippen LogP contribution in [0.4, 0.5) is 4.39 Å². The smallest absolute Gasteiger partial charge is 0.269 e. The molecule has 0 fully saturated rings. The Morgan fingerprint density at radius 3 is 2.68 bits per heavy atom. The lowest BCUT2D eigenvalue weighted by Crippen LogP contribution is -2.38. The lowest BCUT2D eigenvalue weighted by Gasteiger charge is -2.24. The molecule has 1 aromatic carbocycles. The molecular weight excluding hydrogens is 249 g/mol. The van der Waals surface area contributed by atoms with Gasteiger partial charge in [0.25, 0.3) is 5.91 Å². The van der Waals surface area contributed by atoms with Gasteiger partial charge >= 0.3 is 0 Å². The van der Waals surface area contributed by atoms with E-state index in [0.29, 0.717) is 11.3 Å². The summed E-state index contributed by atoms with van der Waals surface area (Å²) in [6.07, 6.45) is 1.47. The van der Waals surface area contributed by atoms with E-state index in [4.69, 9.17) is 0 Å². The van der Waals surface area contributed by atoms with Crippen LogP contribution >= 0.6 is 0 Å². The molecular formula is C13H14FN3O2. The molecule has 0 spiro atoms. The van der Waals surface area contributed by atoms with Crippen LogP contribution in [0.15, 0.2) is 36.5 Å². The molecule has 0 bridgehead atoms. The predicted molar refractivity (Wildman–Crippen MR) is 66.9 cm³/mol. The standard InChI is InChI=1S/C13H14FN3O2/c1-13(19,9-2-4-10(14)5-3-9)8-15-12(18)11-6-7-16-17-11/h2-7,19H,8H2,1H3,(H,15,18)(H,16,17). The second kappa shape index (κ2) is 5.19. The van der Waals surface area contributed by atoms with Crippen LogP contribution in [0.1, 0.15) is 23.0 Å². The highest BCUT2D eigenvalue weighted by atomic mass is 19.1. The fourth-order valence-corrected chi connectivity index (χ4v) is 1.64. The monoisotopic (exact) mass is 263 g/mol. The van der Waals surface area contributed by atoms with Crippen molar-refractivity contribution in [1.29, 1.82) is 0 Å². The maximum absolute atomic E-state index is 12.8. The number of nitrogens with zero attached hydrogens (tertiary/aromatic N) is 1. The Morgan fingerprint density at radius 2 is 2.11 bits per heavy atom. The number of rotatable bonds is 4. The van der Waals surface area contributed by atoms with Gasteiger partial charge in [-0.25, -0.2) is 4.39 Å². The predicted octanol–water partition coefficient (Wildman–Crippen LogP) is 1.19. The van der Waals surface area contributed by atoms with E-state index in [-0.39, 0.29) is 18.3 Å². The molecule has 2 aromatic rings. The van der Waals surface area contributed by atoms with Gasteiger partial charge in [0.05, 0.1) is 6.54 Å². The van der Waals surface area contributed by atoms with Gasteiger partial charge in [-0.2, -0.15) is 5.10 Å². The minimum Gasteiger partial charge on any atom is -0.384 e. The zero-order chi connectivity index (χ0) is 13.9. The van der Waals surface area contributed by atoms with Crippen molar-refractivity contribution in [3.05, 3.63) is 53.6 Å². The van der Waals surface area contributed by atoms with E-state index >= 15 is 0 Å². The molecule has 1 aromatic heterocycles. The zero-order valence-electron chi connectivity index (χ0n) is 10.4. The van der Waals surface area contributed by atoms with Crippen molar-refractivity contribution in [1.82, 2.24) is 15.5 Å². The van der Waals surface area contributed by atoms with Crippen LogP contribution in [0.3, 0.4) is 0 Å². The Balaban J connectivity index is 2.01. The van der Waals surface area contributed by atoms with Crippen LogP contribution in [0.2, 0.25) is 0 Å². The van der Waals surface area contributed by atoms with Crippen LogP contribution in [0.25, 0.3) is 0 Å². The van der Waals surface area contributed by atoms with E-state index in [1.54, 1.807) is 6.92 Å². The first-order valence-corrected chi connectivity index (χ1v) is 5.75. The number of hydrogen-bond acceptors (Lipinski definition) is 3. The first kappa shape index (κ1) is 13.2. The fourth-order valence-electron chi connectivity index (χ4n) is 1.64. The molecule has 0 aliphatic carbocycles. The summed E-state index contributed by atoms with van der Waals surface area (Å²) in [5, 5.41) is 19.0. The fraction of sp³-hybridized carbons (Fsp3) is 0.231. The van der Waals surface area contributed by atoms with Gasteiger partial charge < -0.3 is 10.4 Å². The van der Waals surface area contributed by atoms with Crippen LogP contribution in [-0.4, -0.2) is 27.8 Å². The van der Waals surface area contributed by atoms with Crippen LogP contribution < -0.4 is 5.32 Å². The molecule has 0 aliphatic rings. The highest BCUT2D eigenvalue weighted by molar-refractivity contribution is 5.92. The molecule has 1 amide bonds. The van der Waals surface area contributed by atoms with Gasteiger partial charge in [-0.1, -0.05) is 12.1 Å². The summed E-state index contributed by atoms with van der Waals surface area (Å²) >= 11 is 0. The number of hydrogen-bond donors (Lipinski definition) is 3. The Bertz CT molecular complexity index is 550. The van der Waals surface area contributed by atoms with E-state index in [0.717, 1.165) is 0 Å². The van der Waals surface area contributed by atoms with Crippen molar-refractivity contribution >= 4 is 5.91 Å². The van der Waals surface area contributed by atoms with Gasteiger partial charge in [0.1, 0.15) is 17.1 Å². The van der Waals surface area contributed by atoms with Crippen LogP contribution in [0, 0.1) is 5.82 Å². The molecule has 6 heteroatoms. The van der Waals surface area contributed by atoms with Gasteiger partial charge in [0.2, 0.25) is 0 Å². The normalized spacial score (nSPS) is 13.8. The minimum atomic E-state index is -1.27. The number of benzene rings is 1. The number of aromatic nitrogens is 2. The maximum atomic E-state index is 12.8. The van der Waals surface area contributed by atoms with Crippen molar-refractivity contribution in [3.8, 4) is 0 Å². The molecule has 0 radical (unpaired) electrons. The number of carbonyl (C=O) groups excluding carboxylic acids is 1. The van der Waals surface area contributed by atoms with Gasteiger partial charge in [-0.15, -0.1) is 0 Å².